The summed E-state index contributed by atoms with van der Waals surface area (Å²) in [5.74, 6) is -0.0141. The average Bonchev–Trinajstić information content (AvgIpc) is 2.84. The van der Waals surface area contributed by atoms with E-state index in [1.165, 1.54) is 17.7 Å². The van der Waals surface area contributed by atoms with Gasteiger partial charge in [0, 0.05) is 36.6 Å². The third-order valence-corrected chi connectivity index (χ3v) is 6.51. The highest BCUT2D eigenvalue weighted by atomic mass is 32.2. The topological polar surface area (TPSA) is 49.4 Å². The first-order valence-corrected chi connectivity index (χ1v) is 12.5. The monoisotopic (exact) mass is 478 g/mol. The summed E-state index contributed by atoms with van der Waals surface area (Å²) >= 11 is 1.62. The van der Waals surface area contributed by atoms with Crippen LogP contribution in [0.15, 0.2) is 83.8 Å². The number of carbonyl (C=O) groups is 2. The van der Waals surface area contributed by atoms with Gasteiger partial charge in [-0.1, -0.05) is 60.2 Å². The van der Waals surface area contributed by atoms with Gasteiger partial charge < -0.3 is 10.2 Å². The molecule has 4 nitrogen and oxygen atoms in total. The molecule has 3 aromatic rings. The van der Waals surface area contributed by atoms with Crippen LogP contribution in [0.3, 0.4) is 0 Å². The fourth-order valence-corrected chi connectivity index (χ4v) is 4.51. The minimum atomic E-state index is -0.663. The Balaban J connectivity index is 1.81. The van der Waals surface area contributed by atoms with Gasteiger partial charge in [0.15, 0.2) is 0 Å². The van der Waals surface area contributed by atoms with Gasteiger partial charge in [0.2, 0.25) is 11.8 Å². The highest BCUT2D eigenvalue weighted by Gasteiger charge is 2.29. The van der Waals surface area contributed by atoms with E-state index in [0.717, 1.165) is 16.0 Å². The molecule has 34 heavy (non-hydrogen) atoms. The fourth-order valence-electron chi connectivity index (χ4n) is 3.67. The minimum absolute atomic E-state index is 0.101. The minimum Gasteiger partial charge on any atom is -0.355 e. The molecule has 0 aliphatic rings. The molecule has 0 aromatic heterocycles. The molecule has 0 heterocycles. The van der Waals surface area contributed by atoms with Crippen LogP contribution in [-0.4, -0.2) is 35.1 Å². The van der Waals surface area contributed by atoms with Crippen LogP contribution in [0, 0.1) is 12.7 Å². The van der Waals surface area contributed by atoms with Gasteiger partial charge in [-0.2, -0.15) is 0 Å². The smallest absolute Gasteiger partial charge is 0.243 e. The van der Waals surface area contributed by atoms with Gasteiger partial charge in [0.05, 0.1) is 0 Å². The molecule has 3 rings (SSSR count). The molecule has 0 spiro atoms. The van der Waals surface area contributed by atoms with E-state index in [4.69, 9.17) is 0 Å². The summed E-state index contributed by atoms with van der Waals surface area (Å²) in [7, 11) is 0. The number of likely N-dealkylation sites (N-methyl/N-ethyl adjacent to an activating group) is 1. The van der Waals surface area contributed by atoms with Crippen LogP contribution < -0.4 is 5.32 Å². The van der Waals surface area contributed by atoms with Crippen LogP contribution in [0.1, 0.15) is 30.0 Å². The largest absolute Gasteiger partial charge is 0.355 e. The molecule has 1 atom stereocenters. The molecule has 1 N–H and O–H groups in total. The quantitative estimate of drug-likeness (QED) is 0.376. The molecule has 0 saturated heterocycles. The van der Waals surface area contributed by atoms with E-state index in [-0.39, 0.29) is 24.2 Å². The summed E-state index contributed by atoms with van der Waals surface area (Å²) in [4.78, 5) is 29.3. The van der Waals surface area contributed by atoms with Crippen molar-refractivity contribution in [1.29, 1.82) is 0 Å². The van der Waals surface area contributed by atoms with Gasteiger partial charge >= 0.3 is 0 Å². The van der Waals surface area contributed by atoms with Crippen molar-refractivity contribution in [3.8, 4) is 0 Å². The summed E-state index contributed by atoms with van der Waals surface area (Å²) in [6.45, 7) is 4.62. The summed E-state index contributed by atoms with van der Waals surface area (Å²) in [6, 6.07) is 23.3. The number of benzene rings is 3. The van der Waals surface area contributed by atoms with Crippen molar-refractivity contribution >= 4 is 23.6 Å². The summed E-state index contributed by atoms with van der Waals surface area (Å²) < 4.78 is 13.5. The number of hydrogen-bond acceptors (Lipinski definition) is 3. The average molecular weight is 479 g/mol. The number of nitrogens with one attached hydrogen (secondary N) is 1. The summed E-state index contributed by atoms with van der Waals surface area (Å²) in [5.41, 5.74) is 2.95. The SMILES string of the molecule is CCNC(=O)C(Cc1ccccc1)N(Cc1ccc(F)cc1)C(=O)CCSc1ccc(C)cc1. The van der Waals surface area contributed by atoms with Gasteiger partial charge in [0.1, 0.15) is 11.9 Å². The van der Waals surface area contributed by atoms with Crippen LogP contribution in [0.5, 0.6) is 0 Å². The van der Waals surface area contributed by atoms with Crippen molar-refractivity contribution in [2.45, 2.75) is 44.2 Å². The second kappa shape index (κ2) is 12.9. The summed E-state index contributed by atoms with van der Waals surface area (Å²) in [5, 5.41) is 2.89. The van der Waals surface area contributed by atoms with E-state index in [2.05, 4.69) is 17.4 Å². The van der Waals surface area contributed by atoms with Crippen LogP contribution in [-0.2, 0) is 22.6 Å². The maximum atomic E-state index is 13.5. The van der Waals surface area contributed by atoms with Gasteiger partial charge in [-0.15, -0.1) is 11.8 Å². The van der Waals surface area contributed by atoms with Gasteiger partial charge in [0.25, 0.3) is 0 Å². The lowest BCUT2D eigenvalue weighted by atomic mass is 10.0. The van der Waals surface area contributed by atoms with Crippen LogP contribution in [0.2, 0.25) is 0 Å². The second-order valence-electron chi connectivity index (χ2n) is 8.16. The first-order valence-electron chi connectivity index (χ1n) is 11.5. The van der Waals surface area contributed by atoms with Crippen molar-refractivity contribution in [3.05, 3.63) is 101 Å². The second-order valence-corrected chi connectivity index (χ2v) is 9.33. The van der Waals surface area contributed by atoms with E-state index in [1.807, 2.05) is 56.3 Å². The third kappa shape index (κ3) is 7.73. The Bertz CT molecular complexity index is 1060. The number of amides is 2. The van der Waals surface area contributed by atoms with Crippen LogP contribution in [0.25, 0.3) is 0 Å². The molecule has 3 aromatic carbocycles. The Labute approximate surface area is 205 Å². The maximum absolute atomic E-state index is 13.5. The van der Waals surface area contributed by atoms with Gasteiger partial charge in [-0.25, -0.2) is 4.39 Å². The molecule has 0 aliphatic heterocycles. The van der Waals surface area contributed by atoms with Crippen LogP contribution >= 0.6 is 11.8 Å². The van der Waals surface area contributed by atoms with E-state index >= 15 is 0 Å². The highest BCUT2D eigenvalue weighted by Crippen LogP contribution is 2.21. The number of nitrogens with zero attached hydrogens (tertiary/aromatic N) is 1. The Morgan fingerprint density at radius 3 is 2.26 bits per heavy atom. The molecule has 0 fully saturated rings. The molecule has 2 amide bonds. The van der Waals surface area contributed by atoms with Crippen molar-refractivity contribution < 1.29 is 14.0 Å². The standard InChI is InChI=1S/C28H31FN2O2S/c1-3-30-28(33)26(19-22-7-5-4-6-8-22)31(20-23-11-13-24(29)14-12-23)27(32)17-18-34-25-15-9-21(2)10-16-25/h4-16,26H,3,17-20H2,1-2H3,(H,30,33). The molecule has 178 valence electrons. The van der Waals surface area contributed by atoms with E-state index in [0.29, 0.717) is 25.1 Å². The molecule has 0 radical (unpaired) electrons. The third-order valence-electron chi connectivity index (χ3n) is 5.49. The van der Waals surface area contributed by atoms with E-state index < -0.39 is 6.04 Å². The Hall–Kier alpha value is -3.12. The number of thioether (sulfide) groups is 1. The lowest BCUT2D eigenvalue weighted by Gasteiger charge is -2.31. The highest BCUT2D eigenvalue weighted by molar-refractivity contribution is 7.99. The number of hydrogen-bond donors (Lipinski definition) is 1. The Morgan fingerprint density at radius 2 is 1.62 bits per heavy atom. The van der Waals surface area contributed by atoms with Gasteiger partial charge in [-0.05, 0) is 49.2 Å². The van der Waals surface area contributed by atoms with Crippen molar-refractivity contribution in [1.82, 2.24) is 10.2 Å². The zero-order chi connectivity index (χ0) is 24.3. The molecule has 0 saturated carbocycles. The zero-order valence-corrected chi connectivity index (χ0v) is 20.5. The normalized spacial score (nSPS) is 11.6. The maximum Gasteiger partial charge on any atom is 0.243 e. The number of carbonyl (C=O) groups excluding carboxylic acids is 2. The number of halogens is 1. The first-order chi connectivity index (χ1) is 16.5. The molecule has 6 heteroatoms. The predicted molar refractivity (Wildman–Crippen MR) is 136 cm³/mol. The molecule has 1 unspecified atom stereocenters. The molecular weight excluding hydrogens is 447 g/mol. The predicted octanol–water partition coefficient (Wildman–Crippen LogP) is 5.39. The summed E-state index contributed by atoms with van der Waals surface area (Å²) in [6.07, 6.45) is 0.704. The fraction of sp³-hybridized carbons (Fsp3) is 0.286. The first kappa shape index (κ1) is 25.5. The van der Waals surface area contributed by atoms with Crippen molar-refractivity contribution in [2.24, 2.45) is 0 Å². The zero-order valence-electron chi connectivity index (χ0n) is 19.7. The van der Waals surface area contributed by atoms with E-state index in [1.54, 1.807) is 28.8 Å². The van der Waals surface area contributed by atoms with Crippen LogP contribution in [0.4, 0.5) is 4.39 Å². The van der Waals surface area contributed by atoms with Gasteiger partial charge in [-0.3, -0.25) is 9.59 Å². The van der Waals surface area contributed by atoms with E-state index in [9.17, 15) is 14.0 Å². The number of rotatable bonds is 11. The Kier molecular flexibility index (Phi) is 9.71. The number of aryl methyl sites for hydroxylation is 1. The molecular formula is C28H31FN2O2S. The lowest BCUT2D eigenvalue weighted by molar-refractivity contribution is -0.140. The molecule has 0 bridgehead atoms. The van der Waals surface area contributed by atoms with Crippen molar-refractivity contribution in [3.63, 3.8) is 0 Å². The molecule has 0 aliphatic carbocycles. The Morgan fingerprint density at radius 1 is 0.941 bits per heavy atom. The lowest BCUT2D eigenvalue weighted by Crippen LogP contribution is -2.50. The van der Waals surface area contributed by atoms with Crippen molar-refractivity contribution in [2.75, 3.05) is 12.3 Å².